The van der Waals surface area contributed by atoms with Crippen LogP contribution in [0.5, 0.6) is 0 Å². The van der Waals surface area contributed by atoms with Crippen molar-refractivity contribution in [3.8, 4) is 0 Å². The molecule has 0 aliphatic carbocycles. The van der Waals surface area contributed by atoms with E-state index in [-0.39, 0.29) is 11.5 Å². The summed E-state index contributed by atoms with van der Waals surface area (Å²) in [5, 5.41) is 2.96. The van der Waals surface area contributed by atoms with Crippen LogP contribution in [0.4, 0.5) is 11.5 Å². The number of nitrogen functional groups attached to an aromatic ring is 1. The molecule has 0 spiro atoms. The van der Waals surface area contributed by atoms with Crippen molar-refractivity contribution in [1.82, 2.24) is 14.5 Å². The van der Waals surface area contributed by atoms with Crippen LogP contribution in [-0.2, 0) is 13.1 Å². The van der Waals surface area contributed by atoms with Crippen molar-refractivity contribution in [2.45, 2.75) is 26.4 Å². The molecular weight excluding hydrogens is 258 g/mol. The first-order valence-electron chi connectivity index (χ1n) is 6.38. The first kappa shape index (κ1) is 13.9. The zero-order valence-electron chi connectivity index (χ0n) is 11.2. The third-order valence-corrected chi connectivity index (χ3v) is 2.88. The van der Waals surface area contributed by atoms with E-state index in [4.69, 9.17) is 5.73 Å². The van der Waals surface area contributed by atoms with E-state index in [1.54, 1.807) is 12.4 Å². The van der Waals surface area contributed by atoms with Gasteiger partial charge in [-0.15, -0.1) is 0 Å². The first-order chi connectivity index (χ1) is 9.63. The molecule has 7 heteroatoms. The Hall–Kier alpha value is -2.57. The number of rotatable bonds is 5. The Morgan fingerprint density at radius 1 is 1.45 bits per heavy atom. The number of hydrogen-bond donors (Lipinski definition) is 3. The maximum absolute atomic E-state index is 11.8. The number of hydrogen-bond acceptors (Lipinski definition) is 5. The monoisotopic (exact) mass is 275 g/mol. The molecule has 4 N–H and O–H groups in total. The number of anilines is 2. The molecule has 0 aliphatic rings. The molecule has 0 amide bonds. The first-order valence-corrected chi connectivity index (χ1v) is 6.38. The Morgan fingerprint density at radius 2 is 2.25 bits per heavy atom. The van der Waals surface area contributed by atoms with Crippen molar-refractivity contribution >= 4 is 11.5 Å². The van der Waals surface area contributed by atoms with E-state index in [2.05, 4.69) is 15.3 Å². The highest BCUT2D eigenvalue weighted by molar-refractivity contribution is 5.60. The molecule has 0 aliphatic heterocycles. The molecular formula is C13H17N5O2. The zero-order valence-corrected chi connectivity index (χ0v) is 11.2. The maximum Gasteiger partial charge on any atom is 0.330 e. The number of H-pyrrole nitrogens is 1. The summed E-state index contributed by atoms with van der Waals surface area (Å²) >= 11 is 0. The third-order valence-electron chi connectivity index (χ3n) is 2.88. The summed E-state index contributed by atoms with van der Waals surface area (Å²) in [6.45, 7) is 2.80. The van der Waals surface area contributed by atoms with Gasteiger partial charge in [-0.05, 0) is 18.1 Å². The van der Waals surface area contributed by atoms with Crippen molar-refractivity contribution in [3.05, 3.63) is 50.9 Å². The Kier molecular flexibility index (Phi) is 4.19. The number of aromatic amines is 1. The fraction of sp³-hybridized carbons (Fsp3) is 0.308. The summed E-state index contributed by atoms with van der Waals surface area (Å²) < 4.78 is 1.35. The number of aromatic nitrogens is 3. The van der Waals surface area contributed by atoms with Crippen LogP contribution in [0.25, 0.3) is 0 Å². The van der Waals surface area contributed by atoms with Gasteiger partial charge in [0.1, 0.15) is 11.5 Å². The van der Waals surface area contributed by atoms with Gasteiger partial charge in [-0.3, -0.25) is 19.3 Å². The van der Waals surface area contributed by atoms with Crippen molar-refractivity contribution in [3.63, 3.8) is 0 Å². The molecule has 0 saturated heterocycles. The summed E-state index contributed by atoms with van der Waals surface area (Å²) in [6, 6.07) is 3.69. The van der Waals surface area contributed by atoms with E-state index in [1.807, 2.05) is 19.1 Å². The summed E-state index contributed by atoms with van der Waals surface area (Å²) in [5.74, 6) is 0.157. The van der Waals surface area contributed by atoms with E-state index in [1.165, 1.54) is 4.57 Å². The quantitative estimate of drug-likeness (QED) is 0.738. The highest BCUT2D eigenvalue weighted by Crippen LogP contribution is 2.11. The third kappa shape index (κ3) is 2.87. The summed E-state index contributed by atoms with van der Waals surface area (Å²) in [7, 11) is 0. The van der Waals surface area contributed by atoms with Crippen molar-refractivity contribution in [2.24, 2.45) is 0 Å². The molecule has 2 rings (SSSR count). The van der Waals surface area contributed by atoms with Gasteiger partial charge in [-0.1, -0.05) is 13.0 Å². The van der Waals surface area contributed by atoms with Crippen molar-refractivity contribution in [2.75, 3.05) is 11.1 Å². The molecule has 0 atom stereocenters. The van der Waals surface area contributed by atoms with Gasteiger partial charge in [-0.25, -0.2) is 4.79 Å². The highest BCUT2D eigenvalue weighted by Gasteiger charge is 2.11. The Balaban J connectivity index is 2.30. The minimum absolute atomic E-state index is 0.157. The highest BCUT2D eigenvalue weighted by atomic mass is 16.2. The predicted octanol–water partition coefficient (Wildman–Crippen LogP) is 0.536. The minimum Gasteiger partial charge on any atom is -0.383 e. The van der Waals surface area contributed by atoms with Crippen LogP contribution in [0.1, 0.15) is 18.9 Å². The van der Waals surface area contributed by atoms with E-state index < -0.39 is 11.2 Å². The van der Waals surface area contributed by atoms with E-state index >= 15 is 0 Å². The van der Waals surface area contributed by atoms with Crippen LogP contribution in [0.2, 0.25) is 0 Å². The van der Waals surface area contributed by atoms with Crippen LogP contribution < -0.4 is 22.3 Å². The lowest BCUT2D eigenvalue weighted by atomic mass is 10.3. The van der Waals surface area contributed by atoms with Gasteiger partial charge < -0.3 is 11.1 Å². The van der Waals surface area contributed by atoms with Crippen LogP contribution in [0.3, 0.4) is 0 Å². The molecule has 0 bridgehead atoms. The lowest BCUT2D eigenvalue weighted by Gasteiger charge is -2.13. The lowest BCUT2D eigenvalue weighted by molar-refractivity contribution is 0.642. The Morgan fingerprint density at radius 3 is 2.90 bits per heavy atom. The average molecular weight is 275 g/mol. The molecule has 0 saturated carbocycles. The second-order valence-corrected chi connectivity index (χ2v) is 4.39. The van der Waals surface area contributed by atoms with E-state index in [0.717, 1.165) is 12.0 Å². The lowest BCUT2D eigenvalue weighted by Crippen LogP contribution is -2.34. The number of nitrogens with one attached hydrogen (secondary N) is 2. The fourth-order valence-electron chi connectivity index (χ4n) is 1.90. The maximum atomic E-state index is 11.8. The predicted molar refractivity (Wildman–Crippen MR) is 77.6 cm³/mol. The van der Waals surface area contributed by atoms with Gasteiger partial charge in [-0.2, -0.15) is 0 Å². The fourth-order valence-corrected chi connectivity index (χ4v) is 1.90. The van der Waals surface area contributed by atoms with Gasteiger partial charge in [0.25, 0.3) is 5.56 Å². The standard InChI is InChI=1S/C13H17N5O2/c1-2-6-18-11(14)10(12(19)17-13(18)20)16-8-9-4-3-5-15-7-9/h3-5,7,16H,2,6,8,14H2,1H3,(H,17,19,20). The van der Waals surface area contributed by atoms with Crippen LogP contribution in [0.15, 0.2) is 34.1 Å². The molecule has 0 aromatic carbocycles. The zero-order chi connectivity index (χ0) is 14.5. The molecule has 0 fully saturated rings. The number of pyridine rings is 1. The van der Waals surface area contributed by atoms with Crippen molar-refractivity contribution in [1.29, 1.82) is 0 Å². The Labute approximate surface area is 115 Å². The van der Waals surface area contributed by atoms with Crippen LogP contribution in [-0.4, -0.2) is 14.5 Å². The van der Waals surface area contributed by atoms with Gasteiger partial charge in [0.2, 0.25) is 0 Å². The van der Waals surface area contributed by atoms with Gasteiger partial charge in [0.05, 0.1) is 0 Å². The second-order valence-electron chi connectivity index (χ2n) is 4.39. The minimum atomic E-state index is -0.510. The molecule has 7 nitrogen and oxygen atoms in total. The largest absolute Gasteiger partial charge is 0.383 e. The second kappa shape index (κ2) is 6.05. The van der Waals surface area contributed by atoms with Gasteiger partial charge >= 0.3 is 5.69 Å². The van der Waals surface area contributed by atoms with Gasteiger partial charge in [0, 0.05) is 25.5 Å². The molecule has 2 aromatic heterocycles. The van der Waals surface area contributed by atoms with Crippen LogP contribution in [0, 0.1) is 0 Å². The Bertz CT molecular complexity index is 690. The molecule has 0 unspecified atom stereocenters. The van der Waals surface area contributed by atoms with Crippen LogP contribution >= 0.6 is 0 Å². The molecule has 106 valence electrons. The van der Waals surface area contributed by atoms with Gasteiger partial charge in [0.15, 0.2) is 0 Å². The summed E-state index contributed by atoms with van der Waals surface area (Å²) in [4.78, 5) is 29.7. The number of nitrogens with two attached hydrogens (primary N) is 1. The molecule has 2 aromatic rings. The summed E-state index contributed by atoms with van der Waals surface area (Å²) in [6.07, 6.45) is 4.11. The average Bonchev–Trinajstić information content (AvgIpc) is 2.44. The topological polar surface area (TPSA) is 106 Å². The van der Waals surface area contributed by atoms with Crippen molar-refractivity contribution < 1.29 is 0 Å². The van der Waals surface area contributed by atoms with E-state index in [9.17, 15) is 9.59 Å². The molecule has 2 heterocycles. The normalized spacial score (nSPS) is 10.4. The number of nitrogens with zero attached hydrogens (tertiary/aromatic N) is 2. The molecule has 20 heavy (non-hydrogen) atoms. The smallest absolute Gasteiger partial charge is 0.330 e. The van der Waals surface area contributed by atoms with E-state index in [0.29, 0.717) is 13.1 Å². The SMILES string of the molecule is CCCn1c(N)c(NCc2cccnc2)c(=O)[nH]c1=O. The molecule has 0 radical (unpaired) electrons. The summed E-state index contributed by atoms with van der Waals surface area (Å²) in [5.41, 5.74) is 6.03.